The van der Waals surface area contributed by atoms with Crippen LogP contribution in [0.1, 0.15) is 23.2 Å². The van der Waals surface area contributed by atoms with Crippen LogP contribution < -0.4 is 10.5 Å². The molecule has 0 unspecified atom stereocenters. The number of aromatic nitrogens is 1. The number of halogens is 5. The van der Waals surface area contributed by atoms with Crippen molar-refractivity contribution in [3.05, 3.63) is 23.0 Å². The lowest BCUT2D eigenvalue weighted by atomic mass is 10.0. The fraction of sp³-hybridized carbons (Fsp3) is 0.455. The van der Waals surface area contributed by atoms with Crippen LogP contribution in [-0.4, -0.2) is 24.4 Å². The number of hydrogen-bond donors (Lipinski definition) is 1. The van der Waals surface area contributed by atoms with Crippen molar-refractivity contribution in [1.29, 1.82) is 0 Å². The van der Waals surface area contributed by atoms with E-state index in [9.17, 15) is 26.7 Å². The number of ether oxygens (including phenoxy) is 2. The molecule has 10 heteroatoms. The second kappa shape index (κ2) is 6.66. The summed E-state index contributed by atoms with van der Waals surface area (Å²) in [6.07, 6.45) is -8.34. The van der Waals surface area contributed by atoms with Gasteiger partial charge in [-0.15, -0.1) is 13.2 Å². The van der Waals surface area contributed by atoms with Crippen LogP contribution in [0.3, 0.4) is 0 Å². The van der Waals surface area contributed by atoms with Crippen LogP contribution in [0.2, 0.25) is 0 Å². The summed E-state index contributed by atoms with van der Waals surface area (Å²) < 4.78 is 70.4. The molecule has 0 amide bonds. The molecule has 0 saturated heterocycles. The fourth-order valence-corrected chi connectivity index (χ4v) is 1.63. The number of nitrogens with two attached hydrogens (primary N) is 1. The van der Waals surface area contributed by atoms with Crippen LogP contribution >= 0.6 is 0 Å². The number of esters is 1. The van der Waals surface area contributed by atoms with E-state index in [1.165, 1.54) is 0 Å². The molecule has 0 fully saturated rings. The quantitative estimate of drug-likeness (QED) is 0.665. The third-order valence-electron chi connectivity index (χ3n) is 2.48. The maximum absolute atomic E-state index is 12.8. The van der Waals surface area contributed by atoms with Crippen LogP contribution in [-0.2, 0) is 22.5 Å². The molecule has 0 radical (unpaired) electrons. The summed E-state index contributed by atoms with van der Waals surface area (Å²) in [7, 11) is 1.00. The van der Waals surface area contributed by atoms with Crippen molar-refractivity contribution in [2.45, 2.75) is 25.8 Å². The van der Waals surface area contributed by atoms with Crippen molar-refractivity contribution < 1.29 is 36.2 Å². The van der Waals surface area contributed by atoms with Crippen LogP contribution in [0.5, 0.6) is 5.75 Å². The Labute approximate surface area is 115 Å². The van der Waals surface area contributed by atoms with Crippen molar-refractivity contribution in [3.63, 3.8) is 0 Å². The molecule has 118 valence electrons. The number of nitrogens with zero attached hydrogens (tertiary/aromatic N) is 1. The molecule has 0 aliphatic carbocycles. The zero-order chi connectivity index (χ0) is 16.2. The lowest BCUT2D eigenvalue weighted by molar-refractivity contribution is -0.275. The Kier molecular flexibility index (Phi) is 5.41. The Balaban J connectivity index is 3.39. The molecule has 0 aliphatic rings. The van der Waals surface area contributed by atoms with Crippen molar-refractivity contribution in [3.8, 4) is 5.75 Å². The van der Waals surface area contributed by atoms with Crippen LogP contribution in [0, 0.1) is 0 Å². The van der Waals surface area contributed by atoms with E-state index in [0.717, 1.165) is 7.11 Å². The zero-order valence-corrected chi connectivity index (χ0v) is 10.7. The Hall–Kier alpha value is -1.97. The maximum Gasteiger partial charge on any atom is 0.573 e. The number of alkyl halides is 5. The minimum atomic E-state index is -5.06. The minimum absolute atomic E-state index is 0.378. The Bertz CT molecular complexity index is 519. The first-order valence-electron chi connectivity index (χ1n) is 5.51. The number of pyridine rings is 1. The van der Waals surface area contributed by atoms with E-state index in [4.69, 9.17) is 5.73 Å². The molecule has 5 nitrogen and oxygen atoms in total. The Morgan fingerprint density at radius 1 is 1.38 bits per heavy atom. The highest BCUT2D eigenvalue weighted by atomic mass is 19.4. The van der Waals surface area contributed by atoms with E-state index in [2.05, 4.69) is 14.5 Å². The largest absolute Gasteiger partial charge is 0.573 e. The summed E-state index contributed by atoms with van der Waals surface area (Å²) in [5.74, 6) is -1.79. The topological polar surface area (TPSA) is 74.4 Å². The molecular weight excluding hydrogens is 303 g/mol. The Morgan fingerprint density at radius 2 is 2.00 bits per heavy atom. The van der Waals surface area contributed by atoms with Gasteiger partial charge in [-0.2, -0.15) is 0 Å². The summed E-state index contributed by atoms with van der Waals surface area (Å²) in [5.41, 5.74) is 3.68. The first-order chi connectivity index (χ1) is 9.69. The predicted octanol–water partition coefficient (Wildman–Crippen LogP) is 2.09. The number of rotatable bonds is 5. The third kappa shape index (κ3) is 4.52. The average molecular weight is 314 g/mol. The van der Waals surface area contributed by atoms with Gasteiger partial charge in [-0.25, -0.2) is 8.78 Å². The van der Waals surface area contributed by atoms with Crippen LogP contribution in [0.4, 0.5) is 22.0 Å². The molecule has 1 aromatic rings. The van der Waals surface area contributed by atoms with Gasteiger partial charge in [-0.3, -0.25) is 9.78 Å². The number of hydrogen-bond acceptors (Lipinski definition) is 5. The summed E-state index contributed by atoms with van der Waals surface area (Å²) >= 11 is 0. The van der Waals surface area contributed by atoms with Crippen LogP contribution in [0.15, 0.2) is 6.20 Å². The standard InChI is InChI=1S/C11H11F5N2O3/c1-20-8(19)2-5-6(3-17)9(10(12)13)18-4-7(5)21-11(14,15)16/h4,10H,2-3,17H2,1H3. The SMILES string of the molecule is COC(=O)Cc1c(OC(F)(F)F)cnc(C(F)F)c1CN. The van der Waals surface area contributed by atoms with Crippen molar-refractivity contribution in [1.82, 2.24) is 4.98 Å². The molecule has 0 bridgehead atoms. The number of carbonyl (C=O) groups excluding carboxylic acids is 1. The van der Waals surface area contributed by atoms with Gasteiger partial charge in [-0.05, 0) is 0 Å². The van der Waals surface area contributed by atoms with Gasteiger partial charge in [0.2, 0.25) is 0 Å². The van der Waals surface area contributed by atoms with Gasteiger partial charge in [0.15, 0.2) is 5.75 Å². The zero-order valence-electron chi connectivity index (χ0n) is 10.7. The monoisotopic (exact) mass is 314 g/mol. The smallest absolute Gasteiger partial charge is 0.469 e. The number of methoxy groups -OCH3 is 1. The minimum Gasteiger partial charge on any atom is -0.469 e. The normalized spacial score (nSPS) is 11.6. The molecule has 2 N–H and O–H groups in total. The molecule has 0 spiro atoms. The van der Waals surface area contributed by atoms with E-state index >= 15 is 0 Å². The summed E-state index contributed by atoms with van der Waals surface area (Å²) in [5, 5.41) is 0. The first kappa shape index (κ1) is 17.1. The van der Waals surface area contributed by atoms with E-state index in [1.54, 1.807) is 0 Å². The van der Waals surface area contributed by atoms with E-state index < -0.39 is 48.7 Å². The van der Waals surface area contributed by atoms with Gasteiger partial charge < -0.3 is 15.2 Å². The molecule has 21 heavy (non-hydrogen) atoms. The van der Waals surface area contributed by atoms with Gasteiger partial charge in [0.25, 0.3) is 6.43 Å². The molecule has 1 rings (SSSR count). The summed E-state index contributed by atoms with van der Waals surface area (Å²) in [4.78, 5) is 14.5. The number of carbonyl (C=O) groups is 1. The maximum atomic E-state index is 12.8. The molecule has 0 atom stereocenters. The lowest BCUT2D eigenvalue weighted by Crippen LogP contribution is -2.21. The summed E-state index contributed by atoms with van der Waals surface area (Å²) in [6.45, 7) is -0.534. The highest BCUT2D eigenvalue weighted by molar-refractivity contribution is 5.74. The van der Waals surface area contributed by atoms with Crippen molar-refractivity contribution in [2.75, 3.05) is 7.11 Å². The predicted molar refractivity (Wildman–Crippen MR) is 59.5 cm³/mol. The van der Waals surface area contributed by atoms with Gasteiger partial charge >= 0.3 is 12.3 Å². The highest BCUT2D eigenvalue weighted by Gasteiger charge is 2.34. The molecule has 1 heterocycles. The van der Waals surface area contributed by atoms with E-state index in [0.29, 0.717) is 6.20 Å². The van der Waals surface area contributed by atoms with Crippen molar-refractivity contribution >= 4 is 5.97 Å². The van der Waals surface area contributed by atoms with Gasteiger partial charge in [-0.1, -0.05) is 0 Å². The van der Waals surface area contributed by atoms with Gasteiger partial charge in [0, 0.05) is 17.7 Å². The molecular formula is C11H11F5N2O3. The van der Waals surface area contributed by atoms with E-state index in [1.807, 2.05) is 0 Å². The van der Waals surface area contributed by atoms with Gasteiger partial charge in [0.1, 0.15) is 5.69 Å². The first-order valence-corrected chi connectivity index (χ1v) is 5.51. The third-order valence-corrected chi connectivity index (χ3v) is 2.48. The molecule has 1 aromatic heterocycles. The van der Waals surface area contributed by atoms with Crippen LogP contribution in [0.25, 0.3) is 0 Å². The van der Waals surface area contributed by atoms with E-state index in [-0.39, 0.29) is 5.56 Å². The molecule has 0 aromatic carbocycles. The fourth-order valence-electron chi connectivity index (χ4n) is 1.63. The second-order valence-electron chi connectivity index (χ2n) is 3.77. The highest BCUT2D eigenvalue weighted by Crippen LogP contribution is 2.33. The summed E-state index contributed by atoms with van der Waals surface area (Å²) in [6, 6.07) is 0. The Morgan fingerprint density at radius 3 is 2.43 bits per heavy atom. The second-order valence-corrected chi connectivity index (χ2v) is 3.77. The molecule has 0 saturated carbocycles. The van der Waals surface area contributed by atoms with Crippen molar-refractivity contribution in [2.24, 2.45) is 5.73 Å². The average Bonchev–Trinajstić information content (AvgIpc) is 2.38. The lowest BCUT2D eigenvalue weighted by Gasteiger charge is -2.17. The molecule has 0 aliphatic heterocycles. The van der Waals surface area contributed by atoms with Gasteiger partial charge in [0.05, 0.1) is 19.7 Å².